The molecular weight excluding hydrogens is 746 g/mol. The van der Waals surface area contributed by atoms with Gasteiger partial charge in [0, 0.05) is 49.6 Å². The maximum atomic E-state index is 14.6. The van der Waals surface area contributed by atoms with Gasteiger partial charge in [-0.25, -0.2) is 4.39 Å². The number of carbonyl (C=O) groups excluding carboxylic acids is 1. The van der Waals surface area contributed by atoms with Gasteiger partial charge in [0.2, 0.25) is 11.7 Å². The quantitative estimate of drug-likeness (QED) is 0.0529. The number of nitrogens with zero attached hydrogens (tertiary/aromatic N) is 3. The summed E-state index contributed by atoms with van der Waals surface area (Å²) in [6.07, 6.45) is 10.1. The number of benzene rings is 3. The SMILES string of the molecule is C=CCOC12Oc3ccc(Oc4cccc([N+](=O)[O-])c4)cc3C3C(CCCCO)C(CCCCO)C=C(C(=NOC)CC1N(Cc1ccc(F)cc1)C(=O)C1CC1)C32. The van der Waals surface area contributed by atoms with Crippen LogP contribution in [-0.4, -0.2) is 70.4 Å². The van der Waals surface area contributed by atoms with Crippen molar-refractivity contribution < 1.29 is 43.4 Å². The van der Waals surface area contributed by atoms with Crippen LogP contribution in [0, 0.1) is 39.6 Å². The van der Waals surface area contributed by atoms with E-state index in [9.17, 15) is 29.5 Å². The largest absolute Gasteiger partial charge is 0.459 e. The summed E-state index contributed by atoms with van der Waals surface area (Å²) in [6, 6.07) is 17.0. The molecule has 12 nitrogen and oxygen atoms in total. The smallest absolute Gasteiger partial charge is 0.273 e. The molecule has 1 amide bonds. The molecule has 2 fully saturated rings. The molecule has 13 heteroatoms. The second kappa shape index (κ2) is 18.2. The molecule has 6 atom stereocenters. The van der Waals surface area contributed by atoms with Gasteiger partial charge in [-0.05, 0) is 97.9 Å². The molecule has 0 aromatic heterocycles. The first kappa shape index (κ1) is 41.1. The number of unbranched alkanes of at least 4 members (excludes halogenated alkanes) is 2. The third kappa shape index (κ3) is 8.53. The lowest BCUT2D eigenvalue weighted by molar-refractivity contribution is -0.384. The molecule has 0 bridgehead atoms. The van der Waals surface area contributed by atoms with Crippen molar-refractivity contribution >= 4 is 17.3 Å². The van der Waals surface area contributed by atoms with Gasteiger partial charge in [-0.15, -0.1) is 6.58 Å². The third-order valence-electron chi connectivity index (χ3n) is 12.0. The Bertz CT molecular complexity index is 2020. The second-order valence-corrected chi connectivity index (χ2v) is 15.7. The van der Waals surface area contributed by atoms with Gasteiger partial charge in [-0.2, -0.15) is 0 Å². The number of nitro groups is 1. The molecule has 2 N–H and O–H groups in total. The maximum Gasteiger partial charge on any atom is 0.273 e. The van der Waals surface area contributed by atoms with E-state index in [0.717, 1.165) is 55.2 Å². The van der Waals surface area contributed by atoms with Crippen molar-refractivity contribution in [2.24, 2.45) is 28.8 Å². The molecule has 308 valence electrons. The number of aliphatic hydroxyl groups excluding tert-OH is 2. The number of halogens is 1. The minimum absolute atomic E-state index is 0.00589. The molecule has 6 unspecified atom stereocenters. The summed E-state index contributed by atoms with van der Waals surface area (Å²) in [7, 11) is 1.51. The lowest BCUT2D eigenvalue weighted by Crippen LogP contribution is -2.70. The van der Waals surface area contributed by atoms with Crippen LogP contribution in [0.4, 0.5) is 10.1 Å². The van der Waals surface area contributed by atoms with Crippen molar-refractivity contribution in [3.05, 3.63) is 118 Å². The highest BCUT2D eigenvalue weighted by molar-refractivity contribution is 6.03. The fraction of sp³-hybridized carbons (Fsp3) is 0.467. The number of rotatable bonds is 19. The molecule has 3 aromatic rings. The van der Waals surface area contributed by atoms with E-state index in [0.29, 0.717) is 35.8 Å². The Morgan fingerprint density at radius 3 is 2.48 bits per heavy atom. The highest BCUT2D eigenvalue weighted by Gasteiger charge is 2.66. The number of oxime groups is 1. The van der Waals surface area contributed by atoms with Gasteiger partial charge >= 0.3 is 0 Å². The molecule has 2 saturated carbocycles. The Balaban J connectivity index is 1.43. The number of nitro benzene ring substituents is 1. The Morgan fingerprint density at radius 2 is 1.79 bits per heavy atom. The fourth-order valence-corrected chi connectivity index (χ4v) is 9.31. The van der Waals surface area contributed by atoms with Gasteiger partial charge in [-0.1, -0.05) is 48.3 Å². The fourth-order valence-electron chi connectivity index (χ4n) is 9.31. The second-order valence-electron chi connectivity index (χ2n) is 15.7. The predicted octanol–water partition coefficient (Wildman–Crippen LogP) is 8.23. The molecule has 4 aliphatic rings. The molecule has 1 heterocycles. The van der Waals surface area contributed by atoms with E-state index in [1.54, 1.807) is 36.4 Å². The van der Waals surface area contributed by atoms with Crippen LogP contribution in [-0.2, 0) is 20.9 Å². The Morgan fingerprint density at radius 1 is 1.05 bits per heavy atom. The highest BCUT2D eigenvalue weighted by atomic mass is 19.1. The van der Waals surface area contributed by atoms with E-state index in [1.165, 1.54) is 31.4 Å². The number of hydrogen-bond acceptors (Lipinski definition) is 10. The van der Waals surface area contributed by atoms with E-state index in [-0.39, 0.29) is 73.9 Å². The van der Waals surface area contributed by atoms with E-state index in [4.69, 9.17) is 19.0 Å². The number of non-ortho nitro benzene ring substituents is 1. The summed E-state index contributed by atoms with van der Waals surface area (Å²) >= 11 is 0. The molecule has 58 heavy (non-hydrogen) atoms. The lowest BCUT2D eigenvalue weighted by Gasteiger charge is -2.60. The van der Waals surface area contributed by atoms with Crippen molar-refractivity contribution in [1.29, 1.82) is 0 Å². The van der Waals surface area contributed by atoms with Crippen LogP contribution in [0.25, 0.3) is 0 Å². The lowest BCUT2D eigenvalue weighted by atomic mass is 9.55. The van der Waals surface area contributed by atoms with Gasteiger partial charge in [0.25, 0.3) is 5.69 Å². The van der Waals surface area contributed by atoms with Crippen LogP contribution in [0.2, 0.25) is 0 Å². The summed E-state index contributed by atoms with van der Waals surface area (Å²) in [5.41, 5.74) is 3.09. The molecule has 3 aromatic carbocycles. The average Bonchev–Trinajstić information content (AvgIpc) is 4.08. The summed E-state index contributed by atoms with van der Waals surface area (Å²) in [4.78, 5) is 33.1. The zero-order chi connectivity index (χ0) is 40.8. The van der Waals surface area contributed by atoms with Gasteiger partial charge in [0.1, 0.15) is 36.2 Å². The van der Waals surface area contributed by atoms with Crippen molar-refractivity contribution in [3.63, 3.8) is 0 Å². The first-order valence-electron chi connectivity index (χ1n) is 20.3. The van der Waals surface area contributed by atoms with Crippen LogP contribution in [0.15, 0.2) is 96.2 Å². The maximum absolute atomic E-state index is 14.6. The minimum atomic E-state index is -1.44. The Kier molecular flexibility index (Phi) is 12.9. The van der Waals surface area contributed by atoms with Crippen molar-refractivity contribution in [3.8, 4) is 17.2 Å². The number of hydrogen-bond donors (Lipinski definition) is 2. The van der Waals surface area contributed by atoms with E-state index >= 15 is 0 Å². The average molecular weight is 798 g/mol. The van der Waals surface area contributed by atoms with Gasteiger partial charge in [0.15, 0.2) is 0 Å². The molecule has 1 aliphatic heterocycles. The van der Waals surface area contributed by atoms with Crippen molar-refractivity contribution in [2.75, 3.05) is 26.9 Å². The van der Waals surface area contributed by atoms with Crippen LogP contribution in [0.1, 0.15) is 74.8 Å². The number of fused-ring (bicyclic) bond motifs is 2. The number of carbonyl (C=O) groups is 1. The van der Waals surface area contributed by atoms with Crippen LogP contribution in [0.5, 0.6) is 17.2 Å². The van der Waals surface area contributed by atoms with Gasteiger partial charge in [-0.3, -0.25) is 14.9 Å². The normalized spacial score (nSPS) is 25.1. The molecule has 0 radical (unpaired) electrons. The van der Waals surface area contributed by atoms with Gasteiger partial charge in [0.05, 0.1) is 29.2 Å². The van der Waals surface area contributed by atoms with Crippen molar-refractivity contribution in [1.82, 2.24) is 4.90 Å². The Labute approximate surface area is 338 Å². The van der Waals surface area contributed by atoms with Gasteiger partial charge < -0.3 is 34.2 Å². The molecule has 7 rings (SSSR count). The zero-order valence-corrected chi connectivity index (χ0v) is 32.8. The predicted molar refractivity (Wildman–Crippen MR) is 215 cm³/mol. The summed E-state index contributed by atoms with van der Waals surface area (Å²) in [5, 5.41) is 35.9. The van der Waals surface area contributed by atoms with E-state index in [2.05, 4.69) is 17.8 Å². The van der Waals surface area contributed by atoms with Crippen LogP contribution < -0.4 is 9.47 Å². The van der Waals surface area contributed by atoms with Crippen LogP contribution in [0.3, 0.4) is 0 Å². The zero-order valence-electron chi connectivity index (χ0n) is 32.8. The number of amides is 1. The first-order valence-corrected chi connectivity index (χ1v) is 20.3. The summed E-state index contributed by atoms with van der Waals surface area (Å²) in [6.45, 7) is 4.42. The number of allylic oxidation sites excluding steroid dienone is 1. The summed E-state index contributed by atoms with van der Waals surface area (Å²) in [5.74, 6) is -1.46. The van der Waals surface area contributed by atoms with Crippen molar-refractivity contribution in [2.45, 2.75) is 82.1 Å². The molecule has 0 saturated heterocycles. The molecule has 3 aliphatic carbocycles. The standard InChI is InChI=1S/C45H52FN3O9/c1-3-23-56-45-41(48(44(52)30-15-16-30)28-29-13-17-32(46)18-14-29)27-39(47-55-2)37-24-31(9-4-6-21-50)36(12-5-7-22-51)42(43(37)45)38-26-35(19-20-40(38)58-45)57-34-11-8-10-33(25-34)49(53)54/h3,8,10-11,13-14,17-20,24-26,30-31,36,41-43,50-51H,1,4-7,9,12,15-16,21-23,27-28H2,2H3. The third-order valence-corrected chi connectivity index (χ3v) is 12.0. The topological polar surface area (TPSA) is 153 Å². The molecular formula is C45H52FN3O9. The number of aliphatic hydroxyl groups is 2. The number of ether oxygens (including phenoxy) is 3. The Hall–Kier alpha value is -5.11. The first-order chi connectivity index (χ1) is 28.2. The minimum Gasteiger partial charge on any atom is -0.459 e. The highest BCUT2D eigenvalue weighted by Crippen LogP contribution is 2.62. The van der Waals surface area contributed by atoms with E-state index < -0.39 is 22.7 Å². The molecule has 0 spiro atoms. The summed E-state index contributed by atoms with van der Waals surface area (Å²) < 4.78 is 34.7. The van der Waals surface area contributed by atoms with Crippen LogP contribution >= 0.6 is 0 Å². The van der Waals surface area contributed by atoms with E-state index in [1.807, 2.05) is 17.0 Å². The monoisotopic (exact) mass is 797 g/mol.